The number of anilines is 1. The van der Waals surface area contributed by atoms with Gasteiger partial charge in [-0.2, -0.15) is 5.10 Å². The summed E-state index contributed by atoms with van der Waals surface area (Å²) in [5, 5.41) is 20.2. The first kappa shape index (κ1) is 18.0. The van der Waals surface area contributed by atoms with Crippen molar-refractivity contribution in [2.75, 3.05) is 5.32 Å². The third kappa shape index (κ3) is 3.78. The number of carbonyl (C=O) groups is 1. The Bertz CT molecular complexity index is 728. The van der Waals surface area contributed by atoms with Crippen LogP contribution in [0.1, 0.15) is 54.8 Å². The van der Waals surface area contributed by atoms with Gasteiger partial charge in [0.05, 0.1) is 5.69 Å². The number of carbonyl (C=O) groups excluding carboxylic acids is 1. The standard InChI is InChI=1S/C19H27N3O2/c1-10(2)15-9-17(11(3)8-18(15)23)20-19(24)12(4)7-16-13(5)21-22-14(16)6/h8-10,12,23H,7H2,1-6H3,(H,20,24)(H,21,22)/t12-/m0/s1. The van der Waals surface area contributed by atoms with E-state index in [1.807, 2.05) is 47.6 Å². The molecule has 24 heavy (non-hydrogen) atoms. The van der Waals surface area contributed by atoms with E-state index in [1.165, 1.54) is 0 Å². The minimum absolute atomic E-state index is 0.0292. The summed E-state index contributed by atoms with van der Waals surface area (Å²) in [4.78, 5) is 12.6. The Labute approximate surface area is 143 Å². The number of phenolic OH excluding ortho intramolecular Hbond substituents is 1. The molecule has 1 heterocycles. The number of nitrogens with one attached hydrogen (secondary N) is 2. The van der Waals surface area contributed by atoms with Gasteiger partial charge >= 0.3 is 0 Å². The van der Waals surface area contributed by atoms with Gasteiger partial charge in [-0.15, -0.1) is 0 Å². The Kier molecular flexibility index (Phi) is 5.32. The Morgan fingerprint density at radius 1 is 1.25 bits per heavy atom. The fourth-order valence-electron chi connectivity index (χ4n) is 2.84. The Morgan fingerprint density at radius 2 is 1.92 bits per heavy atom. The summed E-state index contributed by atoms with van der Waals surface area (Å²) in [5.74, 6) is 0.266. The molecule has 0 spiro atoms. The number of hydrogen-bond acceptors (Lipinski definition) is 3. The maximum absolute atomic E-state index is 12.6. The molecule has 1 amide bonds. The largest absolute Gasteiger partial charge is 0.508 e. The molecular weight excluding hydrogens is 302 g/mol. The second kappa shape index (κ2) is 7.07. The first-order valence-corrected chi connectivity index (χ1v) is 8.35. The summed E-state index contributed by atoms with van der Waals surface area (Å²) in [6.07, 6.45) is 0.647. The average Bonchev–Trinajstić information content (AvgIpc) is 2.81. The number of aryl methyl sites for hydroxylation is 3. The van der Waals surface area contributed by atoms with Gasteiger partial charge in [-0.25, -0.2) is 0 Å². The molecule has 0 unspecified atom stereocenters. The minimum atomic E-state index is -0.171. The number of nitrogens with zero attached hydrogens (tertiary/aromatic N) is 1. The fourth-order valence-corrected chi connectivity index (χ4v) is 2.84. The summed E-state index contributed by atoms with van der Waals surface area (Å²) in [6.45, 7) is 11.8. The summed E-state index contributed by atoms with van der Waals surface area (Å²) in [5.41, 5.74) is 5.50. The Hall–Kier alpha value is -2.30. The fraction of sp³-hybridized carbons (Fsp3) is 0.474. The van der Waals surface area contributed by atoms with E-state index in [4.69, 9.17) is 0 Å². The van der Waals surface area contributed by atoms with Gasteiger partial charge in [0, 0.05) is 17.3 Å². The van der Waals surface area contributed by atoms with Gasteiger partial charge in [-0.05, 0) is 61.9 Å². The number of aromatic amines is 1. The van der Waals surface area contributed by atoms with E-state index in [9.17, 15) is 9.90 Å². The number of rotatable bonds is 5. The number of aromatic nitrogens is 2. The lowest BCUT2D eigenvalue weighted by atomic mass is 9.97. The highest BCUT2D eigenvalue weighted by atomic mass is 16.3. The second-order valence-electron chi connectivity index (χ2n) is 6.89. The van der Waals surface area contributed by atoms with Crippen LogP contribution in [0.5, 0.6) is 5.75 Å². The molecule has 5 heteroatoms. The molecule has 130 valence electrons. The Balaban J connectivity index is 2.16. The predicted octanol–water partition coefficient (Wildman–Crippen LogP) is 3.98. The van der Waals surface area contributed by atoms with E-state index in [0.717, 1.165) is 33.8 Å². The van der Waals surface area contributed by atoms with Crippen LogP contribution in [0.3, 0.4) is 0 Å². The molecule has 0 aliphatic rings. The molecule has 0 aliphatic carbocycles. The number of amides is 1. The van der Waals surface area contributed by atoms with E-state index in [2.05, 4.69) is 15.5 Å². The van der Waals surface area contributed by atoms with Crippen molar-refractivity contribution in [2.45, 2.75) is 53.9 Å². The van der Waals surface area contributed by atoms with Crippen LogP contribution in [0, 0.1) is 26.7 Å². The van der Waals surface area contributed by atoms with E-state index in [1.54, 1.807) is 6.07 Å². The zero-order valence-corrected chi connectivity index (χ0v) is 15.3. The third-order valence-corrected chi connectivity index (χ3v) is 4.49. The molecule has 1 aromatic carbocycles. The van der Waals surface area contributed by atoms with Crippen LogP contribution >= 0.6 is 0 Å². The van der Waals surface area contributed by atoms with Gasteiger partial charge in [0.1, 0.15) is 5.75 Å². The highest BCUT2D eigenvalue weighted by Crippen LogP contribution is 2.31. The van der Waals surface area contributed by atoms with Crippen LogP contribution < -0.4 is 5.32 Å². The highest BCUT2D eigenvalue weighted by molar-refractivity contribution is 5.93. The molecule has 3 N–H and O–H groups in total. The number of benzene rings is 1. The molecule has 1 aromatic heterocycles. The van der Waals surface area contributed by atoms with E-state index in [-0.39, 0.29) is 23.5 Å². The van der Waals surface area contributed by atoms with Crippen molar-refractivity contribution in [3.8, 4) is 5.75 Å². The van der Waals surface area contributed by atoms with E-state index >= 15 is 0 Å². The maximum atomic E-state index is 12.6. The molecule has 2 rings (SSSR count). The van der Waals surface area contributed by atoms with Gasteiger partial charge in [-0.3, -0.25) is 9.89 Å². The number of aromatic hydroxyl groups is 1. The molecule has 2 aromatic rings. The SMILES string of the molecule is Cc1cc(O)c(C(C)C)cc1NC(=O)[C@@H](C)Cc1c(C)n[nH]c1C. The van der Waals surface area contributed by atoms with Gasteiger partial charge in [0.2, 0.25) is 5.91 Å². The first-order chi connectivity index (χ1) is 11.2. The van der Waals surface area contributed by atoms with Crippen molar-refractivity contribution in [1.29, 1.82) is 0 Å². The van der Waals surface area contributed by atoms with E-state index in [0.29, 0.717) is 6.42 Å². The molecule has 0 radical (unpaired) electrons. The maximum Gasteiger partial charge on any atom is 0.227 e. The molecule has 0 saturated carbocycles. The zero-order chi connectivity index (χ0) is 18.0. The Morgan fingerprint density at radius 3 is 2.46 bits per heavy atom. The van der Waals surface area contributed by atoms with Crippen LogP contribution in [-0.2, 0) is 11.2 Å². The van der Waals surface area contributed by atoms with Crippen molar-refractivity contribution < 1.29 is 9.90 Å². The molecule has 0 aliphatic heterocycles. The third-order valence-electron chi connectivity index (χ3n) is 4.49. The average molecular weight is 329 g/mol. The second-order valence-corrected chi connectivity index (χ2v) is 6.89. The zero-order valence-electron chi connectivity index (χ0n) is 15.3. The van der Waals surface area contributed by atoms with Crippen LogP contribution in [-0.4, -0.2) is 21.2 Å². The van der Waals surface area contributed by atoms with Gasteiger partial charge in [-0.1, -0.05) is 20.8 Å². The van der Waals surface area contributed by atoms with Crippen molar-refractivity contribution in [3.05, 3.63) is 40.2 Å². The van der Waals surface area contributed by atoms with Crippen LogP contribution in [0.2, 0.25) is 0 Å². The van der Waals surface area contributed by atoms with Crippen molar-refractivity contribution in [2.24, 2.45) is 5.92 Å². The number of H-pyrrole nitrogens is 1. The normalized spacial score (nSPS) is 12.5. The van der Waals surface area contributed by atoms with E-state index < -0.39 is 0 Å². The molecular formula is C19H27N3O2. The summed E-state index contributed by atoms with van der Waals surface area (Å²) in [6, 6.07) is 3.58. The van der Waals surface area contributed by atoms with Crippen LogP contribution in [0.4, 0.5) is 5.69 Å². The summed E-state index contributed by atoms with van der Waals surface area (Å²) in [7, 11) is 0. The number of hydrogen-bond donors (Lipinski definition) is 3. The minimum Gasteiger partial charge on any atom is -0.508 e. The molecule has 0 bridgehead atoms. The van der Waals surface area contributed by atoms with Gasteiger partial charge < -0.3 is 10.4 Å². The first-order valence-electron chi connectivity index (χ1n) is 8.35. The van der Waals surface area contributed by atoms with Crippen molar-refractivity contribution in [3.63, 3.8) is 0 Å². The smallest absolute Gasteiger partial charge is 0.227 e. The van der Waals surface area contributed by atoms with Crippen molar-refractivity contribution >= 4 is 11.6 Å². The quantitative estimate of drug-likeness (QED) is 0.726. The molecule has 0 saturated heterocycles. The highest BCUT2D eigenvalue weighted by Gasteiger charge is 2.19. The lowest BCUT2D eigenvalue weighted by molar-refractivity contribution is -0.119. The predicted molar refractivity (Wildman–Crippen MR) is 96.5 cm³/mol. The molecule has 1 atom stereocenters. The number of phenols is 1. The summed E-state index contributed by atoms with van der Waals surface area (Å²) >= 11 is 0. The van der Waals surface area contributed by atoms with Crippen LogP contribution in [0.25, 0.3) is 0 Å². The monoisotopic (exact) mass is 329 g/mol. The molecule has 5 nitrogen and oxygen atoms in total. The van der Waals surface area contributed by atoms with Gasteiger partial charge in [0.25, 0.3) is 0 Å². The lowest BCUT2D eigenvalue weighted by Gasteiger charge is -2.17. The van der Waals surface area contributed by atoms with Crippen molar-refractivity contribution in [1.82, 2.24) is 10.2 Å². The van der Waals surface area contributed by atoms with Gasteiger partial charge in [0.15, 0.2) is 0 Å². The van der Waals surface area contributed by atoms with Crippen LogP contribution in [0.15, 0.2) is 12.1 Å². The lowest BCUT2D eigenvalue weighted by Crippen LogP contribution is -2.23. The topological polar surface area (TPSA) is 78.0 Å². The summed E-state index contributed by atoms with van der Waals surface area (Å²) < 4.78 is 0. The molecule has 0 fully saturated rings.